The number of aryl methyl sites for hydroxylation is 1. The van der Waals surface area contributed by atoms with Gasteiger partial charge in [-0.05, 0) is 28.7 Å². The van der Waals surface area contributed by atoms with E-state index in [1.54, 1.807) is 0 Å². The molecule has 0 saturated heterocycles. The molecule has 0 radical (unpaired) electrons. The van der Waals surface area contributed by atoms with Crippen LogP contribution in [0.5, 0.6) is 0 Å². The van der Waals surface area contributed by atoms with E-state index in [1.807, 2.05) is 84.9 Å². The molecular formula is C21H20O2S. The summed E-state index contributed by atoms with van der Waals surface area (Å²) >= 11 is 0. The molecule has 0 N–H and O–H groups in total. The predicted molar refractivity (Wildman–Crippen MR) is 99.5 cm³/mol. The van der Waals surface area contributed by atoms with Gasteiger partial charge in [-0.1, -0.05) is 84.9 Å². The Bertz CT molecular complexity index is 868. The van der Waals surface area contributed by atoms with Crippen molar-refractivity contribution in [2.75, 3.05) is 5.75 Å². The summed E-state index contributed by atoms with van der Waals surface area (Å²) in [6.07, 6.45) is 0.561. The molecule has 3 aromatic rings. The number of sulfone groups is 1. The van der Waals surface area contributed by atoms with E-state index < -0.39 is 9.84 Å². The van der Waals surface area contributed by atoms with Crippen molar-refractivity contribution in [3.63, 3.8) is 0 Å². The highest BCUT2D eigenvalue weighted by Crippen LogP contribution is 2.20. The van der Waals surface area contributed by atoms with E-state index in [0.29, 0.717) is 6.42 Å². The number of hydrogen-bond acceptors (Lipinski definition) is 2. The summed E-state index contributed by atoms with van der Waals surface area (Å²) in [4.78, 5) is 0. The smallest absolute Gasteiger partial charge is 0.154 e. The molecule has 0 aliphatic heterocycles. The summed E-state index contributed by atoms with van der Waals surface area (Å²) in [6, 6.07) is 27.6. The highest BCUT2D eigenvalue weighted by Gasteiger charge is 2.12. The van der Waals surface area contributed by atoms with Gasteiger partial charge in [-0.15, -0.1) is 0 Å². The maximum atomic E-state index is 12.3. The maximum Gasteiger partial charge on any atom is 0.154 e. The van der Waals surface area contributed by atoms with Gasteiger partial charge in [0.15, 0.2) is 9.84 Å². The standard InChI is InChI=1S/C21H20O2S/c22-24(23,16-15-18-7-3-1-4-8-18)17-19-11-13-21(14-12-19)20-9-5-2-6-10-20/h1-14H,15-17H2. The molecule has 0 aliphatic rings. The van der Waals surface area contributed by atoms with Crippen molar-refractivity contribution in [3.05, 3.63) is 96.1 Å². The first-order valence-corrected chi connectivity index (χ1v) is 9.83. The fourth-order valence-corrected chi connectivity index (χ4v) is 4.06. The highest BCUT2D eigenvalue weighted by atomic mass is 32.2. The fraction of sp³-hybridized carbons (Fsp3) is 0.143. The van der Waals surface area contributed by atoms with Gasteiger partial charge in [0, 0.05) is 0 Å². The van der Waals surface area contributed by atoms with Crippen LogP contribution in [-0.2, 0) is 22.0 Å². The molecule has 0 aromatic heterocycles. The third-order valence-electron chi connectivity index (χ3n) is 3.99. The fourth-order valence-electron chi connectivity index (χ4n) is 2.67. The van der Waals surface area contributed by atoms with Crippen LogP contribution in [0.3, 0.4) is 0 Å². The first-order valence-electron chi connectivity index (χ1n) is 8.01. The van der Waals surface area contributed by atoms with Gasteiger partial charge in [0.1, 0.15) is 0 Å². The largest absolute Gasteiger partial charge is 0.228 e. The van der Waals surface area contributed by atoms with E-state index in [0.717, 1.165) is 22.3 Å². The van der Waals surface area contributed by atoms with Crippen LogP contribution in [0.15, 0.2) is 84.9 Å². The van der Waals surface area contributed by atoms with Crippen molar-refractivity contribution < 1.29 is 8.42 Å². The molecule has 0 heterocycles. The normalized spacial score (nSPS) is 11.3. The third-order valence-corrected chi connectivity index (χ3v) is 5.59. The molecule has 0 aliphatic carbocycles. The molecule has 2 nitrogen and oxygen atoms in total. The molecule has 0 unspecified atom stereocenters. The Kier molecular flexibility index (Phi) is 5.11. The highest BCUT2D eigenvalue weighted by molar-refractivity contribution is 7.90. The van der Waals surface area contributed by atoms with Gasteiger partial charge < -0.3 is 0 Å². The zero-order chi connectivity index (χ0) is 16.8. The molecule has 122 valence electrons. The number of benzene rings is 3. The summed E-state index contributed by atoms with van der Waals surface area (Å²) in [5, 5.41) is 0. The first-order chi connectivity index (χ1) is 11.6. The molecule has 0 spiro atoms. The lowest BCUT2D eigenvalue weighted by Crippen LogP contribution is -2.11. The summed E-state index contributed by atoms with van der Waals surface area (Å²) in [5.74, 6) is 0.270. The van der Waals surface area contributed by atoms with Gasteiger partial charge in [0.2, 0.25) is 0 Å². The molecular weight excluding hydrogens is 316 g/mol. The molecule has 24 heavy (non-hydrogen) atoms. The Morgan fingerprint density at radius 3 is 1.75 bits per heavy atom. The molecule has 3 aromatic carbocycles. The Hall–Kier alpha value is -2.39. The van der Waals surface area contributed by atoms with Crippen LogP contribution in [-0.4, -0.2) is 14.2 Å². The maximum absolute atomic E-state index is 12.3. The summed E-state index contributed by atoms with van der Waals surface area (Å²) in [7, 11) is -3.11. The molecule has 0 saturated carbocycles. The second kappa shape index (κ2) is 7.45. The van der Waals surface area contributed by atoms with Gasteiger partial charge in [-0.3, -0.25) is 0 Å². The van der Waals surface area contributed by atoms with Crippen LogP contribution in [0.1, 0.15) is 11.1 Å². The second-order valence-electron chi connectivity index (χ2n) is 5.89. The SMILES string of the molecule is O=S(=O)(CCc1ccccc1)Cc1ccc(-c2ccccc2)cc1. The van der Waals surface area contributed by atoms with E-state index in [4.69, 9.17) is 0 Å². The van der Waals surface area contributed by atoms with Gasteiger partial charge in [-0.25, -0.2) is 8.42 Å². The van der Waals surface area contributed by atoms with Crippen molar-refractivity contribution in [1.82, 2.24) is 0 Å². The van der Waals surface area contributed by atoms with Crippen LogP contribution in [0.4, 0.5) is 0 Å². The van der Waals surface area contributed by atoms with E-state index in [1.165, 1.54) is 0 Å². The first kappa shape index (κ1) is 16.5. The van der Waals surface area contributed by atoms with Crippen LogP contribution >= 0.6 is 0 Å². The molecule has 0 amide bonds. The third kappa shape index (κ3) is 4.56. The Morgan fingerprint density at radius 2 is 1.12 bits per heavy atom. The van der Waals surface area contributed by atoms with Gasteiger partial charge in [0.25, 0.3) is 0 Å². The molecule has 3 heteroatoms. The quantitative estimate of drug-likeness (QED) is 0.663. The van der Waals surface area contributed by atoms with E-state index >= 15 is 0 Å². The Morgan fingerprint density at radius 1 is 0.583 bits per heavy atom. The lowest BCUT2D eigenvalue weighted by Gasteiger charge is -2.07. The van der Waals surface area contributed by atoms with Crippen LogP contribution in [0.2, 0.25) is 0 Å². The molecule has 0 bridgehead atoms. The van der Waals surface area contributed by atoms with Crippen molar-refractivity contribution in [1.29, 1.82) is 0 Å². The van der Waals surface area contributed by atoms with E-state index in [-0.39, 0.29) is 11.5 Å². The topological polar surface area (TPSA) is 34.1 Å². The lowest BCUT2D eigenvalue weighted by atomic mass is 10.0. The molecule has 0 atom stereocenters. The Labute approximate surface area is 143 Å². The summed E-state index contributed by atoms with van der Waals surface area (Å²) in [5.41, 5.74) is 4.13. The van der Waals surface area contributed by atoms with Gasteiger partial charge in [-0.2, -0.15) is 0 Å². The van der Waals surface area contributed by atoms with Crippen LogP contribution in [0, 0.1) is 0 Å². The van der Waals surface area contributed by atoms with Crippen LogP contribution < -0.4 is 0 Å². The molecule has 0 fully saturated rings. The van der Waals surface area contributed by atoms with Gasteiger partial charge >= 0.3 is 0 Å². The average Bonchev–Trinajstić information content (AvgIpc) is 2.62. The Balaban J connectivity index is 1.64. The average molecular weight is 336 g/mol. The summed E-state index contributed by atoms with van der Waals surface area (Å²) < 4.78 is 24.7. The monoisotopic (exact) mass is 336 g/mol. The lowest BCUT2D eigenvalue weighted by molar-refractivity contribution is 0.594. The minimum Gasteiger partial charge on any atom is -0.228 e. The van der Waals surface area contributed by atoms with E-state index in [2.05, 4.69) is 0 Å². The minimum absolute atomic E-state index is 0.0922. The van der Waals surface area contributed by atoms with Crippen molar-refractivity contribution >= 4 is 9.84 Å². The zero-order valence-corrected chi connectivity index (χ0v) is 14.2. The predicted octanol–water partition coefficient (Wildman–Crippen LogP) is 4.51. The van der Waals surface area contributed by atoms with Crippen molar-refractivity contribution in [2.45, 2.75) is 12.2 Å². The van der Waals surface area contributed by atoms with E-state index in [9.17, 15) is 8.42 Å². The zero-order valence-electron chi connectivity index (χ0n) is 13.4. The number of rotatable bonds is 6. The number of hydrogen-bond donors (Lipinski definition) is 0. The van der Waals surface area contributed by atoms with Gasteiger partial charge in [0.05, 0.1) is 11.5 Å². The molecule has 3 rings (SSSR count). The second-order valence-corrected chi connectivity index (χ2v) is 8.07. The summed E-state index contributed by atoms with van der Waals surface area (Å²) in [6.45, 7) is 0. The van der Waals surface area contributed by atoms with Crippen molar-refractivity contribution in [2.24, 2.45) is 0 Å². The minimum atomic E-state index is -3.11. The van der Waals surface area contributed by atoms with Crippen LogP contribution in [0.25, 0.3) is 11.1 Å². The van der Waals surface area contributed by atoms with Crippen molar-refractivity contribution in [3.8, 4) is 11.1 Å².